The van der Waals surface area contributed by atoms with Crippen molar-refractivity contribution >= 4 is 35.1 Å². The molecule has 0 radical (unpaired) electrons. The number of nitro groups is 1. The Balaban J connectivity index is 1.40. The van der Waals surface area contributed by atoms with Crippen molar-refractivity contribution in [2.45, 2.75) is 38.0 Å². The first-order valence-electron chi connectivity index (χ1n) is 10.1. The van der Waals surface area contributed by atoms with E-state index in [9.17, 15) is 15.2 Å². The SMILES string of the molecule is C[C@](O)(CN1CCC(OCC=Cc2ccc(Cl)cc2)CC1)Cn1cc([N+](=O)[O-])nc1Cl. The fraction of sp³-hybridized carbons (Fsp3) is 0.476. The molecule has 168 valence electrons. The molecule has 0 aliphatic carbocycles. The molecule has 3 rings (SSSR count). The van der Waals surface area contributed by atoms with Crippen molar-refractivity contribution in [3.63, 3.8) is 0 Å². The quantitative estimate of drug-likeness (QED) is 0.440. The van der Waals surface area contributed by atoms with E-state index < -0.39 is 10.5 Å². The molecular weight excluding hydrogens is 443 g/mol. The van der Waals surface area contributed by atoms with Crippen molar-refractivity contribution in [3.8, 4) is 0 Å². The number of rotatable bonds is 9. The van der Waals surface area contributed by atoms with Crippen LogP contribution in [0.3, 0.4) is 0 Å². The van der Waals surface area contributed by atoms with E-state index in [0.717, 1.165) is 31.5 Å². The molecular formula is C21H26Cl2N4O4. The largest absolute Gasteiger partial charge is 0.387 e. The summed E-state index contributed by atoms with van der Waals surface area (Å²) in [6, 6.07) is 7.63. The number of nitrogens with zero attached hydrogens (tertiary/aromatic N) is 4. The number of aliphatic hydroxyl groups is 1. The van der Waals surface area contributed by atoms with Gasteiger partial charge in [0.15, 0.2) is 0 Å². The number of likely N-dealkylation sites (tertiary alicyclic amines) is 1. The van der Waals surface area contributed by atoms with Gasteiger partial charge in [-0.05, 0) is 59.0 Å². The second kappa shape index (κ2) is 10.6. The number of benzene rings is 1. The van der Waals surface area contributed by atoms with Gasteiger partial charge in [-0.3, -0.25) is 4.57 Å². The topological polar surface area (TPSA) is 93.7 Å². The fourth-order valence-electron chi connectivity index (χ4n) is 3.66. The summed E-state index contributed by atoms with van der Waals surface area (Å²) >= 11 is 11.8. The summed E-state index contributed by atoms with van der Waals surface area (Å²) in [7, 11) is 0. The molecule has 10 heteroatoms. The predicted octanol–water partition coefficient (Wildman–Crippen LogP) is 4.04. The summed E-state index contributed by atoms with van der Waals surface area (Å²) in [4.78, 5) is 16.1. The summed E-state index contributed by atoms with van der Waals surface area (Å²) in [6.07, 6.45) is 7.18. The molecule has 1 N–H and O–H groups in total. The Morgan fingerprint density at radius 2 is 1.97 bits per heavy atom. The molecule has 1 fully saturated rings. The molecule has 0 spiro atoms. The van der Waals surface area contributed by atoms with Crippen LogP contribution in [0.25, 0.3) is 6.08 Å². The molecule has 2 heterocycles. The maximum absolute atomic E-state index is 10.8. The van der Waals surface area contributed by atoms with Crippen LogP contribution in [0.4, 0.5) is 5.82 Å². The molecule has 1 aliphatic heterocycles. The highest BCUT2D eigenvalue weighted by atomic mass is 35.5. The molecule has 0 unspecified atom stereocenters. The first-order valence-corrected chi connectivity index (χ1v) is 10.8. The molecule has 1 aliphatic rings. The van der Waals surface area contributed by atoms with Gasteiger partial charge in [-0.1, -0.05) is 35.9 Å². The maximum atomic E-state index is 10.8. The van der Waals surface area contributed by atoms with Crippen LogP contribution in [0.1, 0.15) is 25.3 Å². The number of ether oxygens (including phenoxy) is 1. The number of hydrogen-bond donors (Lipinski definition) is 1. The average Bonchev–Trinajstić information content (AvgIpc) is 3.07. The van der Waals surface area contributed by atoms with Gasteiger partial charge in [0.1, 0.15) is 6.20 Å². The summed E-state index contributed by atoms with van der Waals surface area (Å²) in [5.74, 6) is -0.330. The minimum atomic E-state index is -1.10. The predicted molar refractivity (Wildman–Crippen MR) is 120 cm³/mol. The van der Waals surface area contributed by atoms with Gasteiger partial charge in [0.2, 0.25) is 0 Å². The Kier molecular flexibility index (Phi) is 8.07. The van der Waals surface area contributed by atoms with Gasteiger partial charge < -0.3 is 24.9 Å². The number of halogens is 2. The van der Waals surface area contributed by atoms with Crippen LogP contribution < -0.4 is 0 Å². The molecule has 0 saturated carbocycles. The van der Waals surface area contributed by atoms with Crippen LogP contribution in [0.5, 0.6) is 0 Å². The van der Waals surface area contributed by atoms with Crippen LogP contribution >= 0.6 is 23.2 Å². The molecule has 1 atom stereocenters. The molecule has 2 aromatic rings. The fourth-order valence-corrected chi connectivity index (χ4v) is 3.98. The van der Waals surface area contributed by atoms with Crippen LogP contribution in [0.15, 0.2) is 36.5 Å². The molecule has 0 bridgehead atoms. The molecule has 1 aromatic heterocycles. The third-order valence-corrected chi connectivity index (χ3v) is 5.67. The molecule has 31 heavy (non-hydrogen) atoms. The lowest BCUT2D eigenvalue weighted by Crippen LogP contribution is -2.47. The van der Waals surface area contributed by atoms with Crippen LogP contribution in [0.2, 0.25) is 10.3 Å². The van der Waals surface area contributed by atoms with Crippen LogP contribution in [-0.2, 0) is 11.3 Å². The van der Waals surface area contributed by atoms with Crippen molar-refractivity contribution in [2.75, 3.05) is 26.2 Å². The van der Waals surface area contributed by atoms with Crippen molar-refractivity contribution in [3.05, 3.63) is 62.5 Å². The number of β-amino-alcohol motifs (C(OH)–C–C–N with tert-alkyl or cyclic N) is 1. The van der Waals surface area contributed by atoms with Gasteiger partial charge in [0, 0.05) is 24.7 Å². The van der Waals surface area contributed by atoms with Gasteiger partial charge in [-0.15, -0.1) is 0 Å². The Labute approximate surface area is 191 Å². The van der Waals surface area contributed by atoms with Gasteiger partial charge >= 0.3 is 11.1 Å². The lowest BCUT2D eigenvalue weighted by molar-refractivity contribution is -0.389. The Morgan fingerprint density at radius 3 is 2.58 bits per heavy atom. The van der Waals surface area contributed by atoms with Crippen molar-refractivity contribution in [1.29, 1.82) is 0 Å². The minimum Gasteiger partial charge on any atom is -0.387 e. The standard InChI is InChI=1S/C21H26Cl2N4O4/c1-21(28,15-26-13-19(27(29)30)24-20(26)23)14-25-10-8-18(9-11-25)31-12-2-3-16-4-6-17(22)7-5-16/h2-7,13,18,28H,8-12,14-15H2,1H3/t21-/m0/s1. The van der Waals surface area contributed by atoms with E-state index in [1.165, 1.54) is 10.8 Å². The lowest BCUT2D eigenvalue weighted by Gasteiger charge is -2.36. The number of hydrogen-bond acceptors (Lipinski definition) is 6. The molecule has 1 saturated heterocycles. The maximum Gasteiger partial charge on any atom is 0.383 e. The zero-order valence-corrected chi connectivity index (χ0v) is 18.8. The first-order chi connectivity index (χ1) is 14.7. The van der Waals surface area contributed by atoms with Gasteiger partial charge in [0.25, 0.3) is 0 Å². The zero-order valence-electron chi connectivity index (χ0n) is 17.3. The second-order valence-electron chi connectivity index (χ2n) is 8.01. The Hall–Kier alpha value is -1.97. The third-order valence-electron chi connectivity index (χ3n) is 5.12. The van der Waals surface area contributed by atoms with E-state index in [-0.39, 0.29) is 23.8 Å². The third kappa shape index (κ3) is 7.29. The number of imidazole rings is 1. The van der Waals surface area contributed by atoms with Crippen LogP contribution in [0, 0.1) is 10.1 Å². The average molecular weight is 469 g/mol. The van der Waals surface area contributed by atoms with Crippen LogP contribution in [-0.4, -0.2) is 62.4 Å². The normalized spacial score (nSPS) is 17.8. The van der Waals surface area contributed by atoms with Crippen molar-refractivity contribution < 1.29 is 14.8 Å². The van der Waals surface area contributed by atoms with Gasteiger partial charge in [-0.2, -0.15) is 0 Å². The lowest BCUT2D eigenvalue weighted by atomic mass is 10.0. The smallest absolute Gasteiger partial charge is 0.383 e. The summed E-state index contributed by atoms with van der Waals surface area (Å²) < 4.78 is 7.35. The van der Waals surface area contributed by atoms with E-state index >= 15 is 0 Å². The summed E-state index contributed by atoms with van der Waals surface area (Å²) in [5, 5.41) is 22.3. The summed E-state index contributed by atoms with van der Waals surface area (Å²) in [5.41, 5.74) is -0.0267. The van der Waals surface area contributed by atoms with E-state index in [0.29, 0.717) is 18.2 Å². The first kappa shape index (κ1) is 23.7. The van der Waals surface area contributed by atoms with Gasteiger partial charge in [0.05, 0.1) is 24.9 Å². The highest BCUT2D eigenvalue weighted by molar-refractivity contribution is 6.30. The zero-order chi connectivity index (χ0) is 22.4. The highest BCUT2D eigenvalue weighted by Crippen LogP contribution is 2.21. The second-order valence-corrected chi connectivity index (χ2v) is 8.79. The molecule has 8 nitrogen and oxygen atoms in total. The van der Waals surface area contributed by atoms with E-state index in [2.05, 4.69) is 9.88 Å². The summed E-state index contributed by atoms with van der Waals surface area (Å²) in [6.45, 7) is 4.40. The van der Waals surface area contributed by atoms with Crippen molar-refractivity contribution in [2.24, 2.45) is 0 Å². The van der Waals surface area contributed by atoms with Gasteiger partial charge in [-0.25, -0.2) is 0 Å². The monoisotopic (exact) mass is 468 g/mol. The van der Waals surface area contributed by atoms with E-state index in [4.69, 9.17) is 27.9 Å². The Morgan fingerprint density at radius 1 is 1.29 bits per heavy atom. The number of piperidine rings is 1. The highest BCUT2D eigenvalue weighted by Gasteiger charge is 2.30. The van der Waals surface area contributed by atoms with E-state index in [1.807, 2.05) is 36.4 Å². The van der Waals surface area contributed by atoms with E-state index in [1.54, 1.807) is 6.92 Å². The molecule has 1 aromatic carbocycles. The van der Waals surface area contributed by atoms with Crippen molar-refractivity contribution in [1.82, 2.24) is 14.5 Å². The molecule has 0 amide bonds. The minimum absolute atomic E-state index is 0.00858. The number of aromatic nitrogens is 2. The Bertz CT molecular complexity index is 907.